The number of likely N-dealkylation sites (N-methyl/N-ethyl adjacent to an activating group) is 1. The minimum absolute atomic E-state index is 0.0229. The Bertz CT molecular complexity index is 408. The molecule has 0 aliphatic heterocycles. The van der Waals surface area contributed by atoms with E-state index in [9.17, 15) is 4.79 Å². The van der Waals surface area contributed by atoms with Crippen LogP contribution in [0.3, 0.4) is 0 Å². The maximum atomic E-state index is 11.8. The van der Waals surface area contributed by atoms with Crippen LogP contribution >= 0.6 is 12.2 Å². The molecular formula is C13H19N3OS. The highest BCUT2D eigenvalue weighted by Crippen LogP contribution is 2.04. The summed E-state index contributed by atoms with van der Waals surface area (Å²) in [5, 5.41) is 6.46. The second-order valence-electron chi connectivity index (χ2n) is 4.04. The third-order valence-corrected chi connectivity index (χ3v) is 2.82. The number of hydrogen-bond donors (Lipinski definition) is 2. The average Bonchev–Trinajstić information content (AvgIpc) is 2.37. The van der Waals surface area contributed by atoms with Crippen molar-refractivity contribution in [2.45, 2.75) is 19.9 Å². The van der Waals surface area contributed by atoms with Crippen LogP contribution in [0.15, 0.2) is 30.3 Å². The second kappa shape index (κ2) is 6.96. The van der Waals surface area contributed by atoms with Gasteiger partial charge in [0.15, 0.2) is 5.11 Å². The number of anilines is 1. The van der Waals surface area contributed by atoms with Gasteiger partial charge in [-0.1, -0.05) is 18.2 Å². The Balaban J connectivity index is 2.48. The molecule has 2 N–H and O–H groups in total. The number of rotatable bonds is 4. The van der Waals surface area contributed by atoms with Gasteiger partial charge >= 0.3 is 0 Å². The van der Waals surface area contributed by atoms with Crippen LogP contribution < -0.4 is 10.6 Å². The van der Waals surface area contributed by atoms with Crippen molar-refractivity contribution in [1.82, 2.24) is 10.2 Å². The predicted molar refractivity (Wildman–Crippen MR) is 78.6 cm³/mol. The van der Waals surface area contributed by atoms with Crippen molar-refractivity contribution >= 4 is 28.9 Å². The Kier molecular flexibility index (Phi) is 5.58. The molecule has 1 aromatic rings. The molecule has 1 unspecified atom stereocenters. The van der Waals surface area contributed by atoms with Crippen LogP contribution in [0.1, 0.15) is 13.8 Å². The second-order valence-corrected chi connectivity index (χ2v) is 4.45. The number of para-hydroxylation sites is 1. The molecule has 0 bridgehead atoms. The lowest BCUT2D eigenvalue weighted by Gasteiger charge is -2.21. The van der Waals surface area contributed by atoms with E-state index in [-0.39, 0.29) is 11.9 Å². The number of hydrogen-bond acceptors (Lipinski definition) is 2. The van der Waals surface area contributed by atoms with E-state index < -0.39 is 0 Å². The van der Waals surface area contributed by atoms with E-state index in [0.29, 0.717) is 11.7 Å². The van der Waals surface area contributed by atoms with Crippen LogP contribution in [-0.4, -0.2) is 35.6 Å². The summed E-state index contributed by atoms with van der Waals surface area (Å²) in [7, 11) is 1.77. The quantitative estimate of drug-likeness (QED) is 0.815. The monoisotopic (exact) mass is 265 g/mol. The Hall–Kier alpha value is -1.62. The molecule has 5 heteroatoms. The van der Waals surface area contributed by atoms with Crippen LogP contribution in [0.25, 0.3) is 0 Å². The van der Waals surface area contributed by atoms with Gasteiger partial charge in [0.25, 0.3) is 0 Å². The van der Waals surface area contributed by atoms with Gasteiger partial charge in [0, 0.05) is 19.3 Å². The normalized spacial score (nSPS) is 11.5. The Morgan fingerprint density at radius 3 is 2.56 bits per heavy atom. The molecule has 1 atom stereocenters. The van der Waals surface area contributed by atoms with Gasteiger partial charge in [-0.15, -0.1) is 0 Å². The summed E-state index contributed by atoms with van der Waals surface area (Å²) in [5.41, 5.74) is 0.901. The zero-order valence-electron chi connectivity index (χ0n) is 10.9. The number of benzene rings is 1. The smallest absolute Gasteiger partial charge is 0.244 e. The lowest BCUT2D eigenvalue weighted by molar-refractivity contribution is -0.131. The maximum Gasteiger partial charge on any atom is 0.244 e. The molecule has 1 rings (SSSR count). The highest BCUT2D eigenvalue weighted by atomic mass is 32.1. The summed E-state index contributed by atoms with van der Waals surface area (Å²) in [5.74, 6) is 0.0229. The Morgan fingerprint density at radius 1 is 1.39 bits per heavy atom. The van der Waals surface area contributed by atoms with Crippen LogP contribution in [-0.2, 0) is 4.79 Å². The first-order valence-electron chi connectivity index (χ1n) is 5.92. The molecule has 18 heavy (non-hydrogen) atoms. The fourth-order valence-electron chi connectivity index (χ4n) is 1.43. The van der Waals surface area contributed by atoms with Gasteiger partial charge in [-0.3, -0.25) is 4.79 Å². The molecule has 98 valence electrons. The molecule has 0 aliphatic carbocycles. The number of carbonyl (C=O) groups excluding carboxylic acids is 1. The third kappa shape index (κ3) is 4.33. The number of nitrogens with zero attached hydrogens (tertiary/aromatic N) is 1. The third-order valence-electron chi connectivity index (χ3n) is 2.60. The first-order valence-corrected chi connectivity index (χ1v) is 6.33. The molecule has 0 heterocycles. The van der Waals surface area contributed by atoms with Crippen molar-refractivity contribution in [3.8, 4) is 0 Å². The maximum absolute atomic E-state index is 11.8. The topological polar surface area (TPSA) is 44.4 Å². The molecule has 1 amide bonds. The molecule has 0 aliphatic rings. The highest BCUT2D eigenvalue weighted by Gasteiger charge is 2.16. The van der Waals surface area contributed by atoms with Crippen molar-refractivity contribution < 1.29 is 4.79 Å². The molecular weight excluding hydrogens is 246 g/mol. The molecule has 0 aromatic heterocycles. The summed E-state index contributed by atoms with van der Waals surface area (Å²) >= 11 is 5.16. The van der Waals surface area contributed by atoms with Crippen LogP contribution in [0.4, 0.5) is 5.69 Å². The summed E-state index contributed by atoms with van der Waals surface area (Å²) < 4.78 is 0. The predicted octanol–water partition coefficient (Wildman–Crippen LogP) is 1.84. The van der Waals surface area contributed by atoms with E-state index in [1.54, 1.807) is 18.9 Å². The van der Waals surface area contributed by atoms with Crippen molar-refractivity contribution in [3.63, 3.8) is 0 Å². The number of thiocarbonyl (C=S) groups is 1. The van der Waals surface area contributed by atoms with E-state index >= 15 is 0 Å². The lowest BCUT2D eigenvalue weighted by Crippen LogP contribution is -2.46. The molecule has 0 saturated heterocycles. The van der Waals surface area contributed by atoms with Crippen molar-refractivity contribution in [2.75, 3.05) is 18.9 Å². The molecule has 0 spiro atoms. The van der Waals surface area contributed by atoms with Crippen LogP contribution in [0.5, 0.6) is 0 Å². The van der Waals surface area contributed by atoms with Gasteiger partial charge in [-0.05, 0) is 38.2 Å². The summed E-state index contributed by atoms with van der Waals surface area (Å²) in [6, 6.07) is 9.27. The zero-order valence-corrected chi connectivity index (χ0v) is 11.8. The summed E-state index contributed by atoms with van der Waals surface area (Å²) in [6.07, 6.45) is 0. The van der Waals surface area contributed by atoms with Crippen LogP contribution in [0.2, 0.25) is 0 Å². The molecule has 1 aromatic carbocycles. The van der Waals surface area contributed by atoms with Crippen LogP contribution in [0, 0.1) is 0 Å². The van der Waals surface area contributed by atoms with Crippen molar-refractivity contribution in [2.24, 2.45) is 0 Å². The Morgan fingerprint density at radius 2 is 2.00 bits per heavy atom. The van der Waals surface area contributed by atoms with Gasteiger partial charge in [0.2, 0.25) is 5.91 Å². The zero-order chi connectivity index (χ0) is 13.5. The largest absolute Gasteiger partial charge is 0.351 e. The van der Waals surface area contributed by atoms with Crippen molar-refractivity contribution in [3.05, 3.63) is 30.3 Å². The van der Waals surface area contributed by atoms with E-state index in [1.165, 1.54) is 0 Å². The van der Waals surface area contributed by atoms with Crippen molar-refractivity contribution in [1.29, 1.82) is 0 Å². The minimum Gasteiger partial charge on any atom is -0.351 e. The van der Waals surface area contributed by atoms with E-state index in [1.807, 2.05) is 37.3 Å². The first kappa shape index (κ1) is 14.4. The minimum atomic E-state index is -0.335. The highest BCUT2D eigenvalue weighted by molar-refractivity contribution is 7.80. The standard InChI is InChI=1S/C13H19N3OS/c1-4-16(3)12(17)10(2)14-13(18)15-11-8-6-5-7-9-11/h5-10H,4H2,1-3H3,(H2,14,15,18). The Labute approximate surface area is 113 Å². The number of amides is 1. The lowest BCUT2D eigenvalue weighted by atomic mass is 10.3. The molecule has 0 fully saturated rings. The van der Waals surface area contributed by atoms with Gasteiger partial charge in [0.05, 0.1) is 0 Å². The van der Waals surface area contributed by atoms with E-state index in [0.717, 1.165) is 5.69 Å². The summed E-state index contributed by atoms with van der Waals surface area (Å²) in [4.78, 5) is 13.5. The molecule has 0 saturated carbocycles. The number of carbonyl (C=O) groups is 1. The van der Waals surface area contributed by atoms with Gasteiger partial charge in [-0.2, -0.15) is 0 Å². The van der Waals surface area contributed by atoms with Gasteiger partial charge < -0.3 is 15.5 Å². The molecule has 0 radical (unpaired) electrons. The van der Waals surface area contributed by atoms with Gasteiger partial charge in [0.1, 0.15) is 6.04 Å². The first-order chi connectivity index (χ1) is 8.54. The SMILES string of the molecule is CCN(C)C(=O)C(C)NC(=S)Nc1ccccc1. The average molecular weight is 265 g/mol. The summed E-state index contributed by atoms with van der Waals surface area (Å²) in [6.45, 7) is 4.42. The fraction of sp³-hybridized carbons (Fsp3) is 0.385. The van der Waals surface area contributed by atoms with E-state index in [4.69, 9.17) is 12.2 Å². The molecule has 4 nitrogen and oxygen atoms in total. The van der Waals surface area contributed by atoms with Gasteiger partial charge in [-0.25, -0.2) is 0 Å². The van der Waals surface area contributed by atoms with E-state index in [2.05, 4.69) is 10.6 Å². The number of nitrogens with one attached hydrogen (secondary N) is 2. The fourth-order valence-corrected chi connectivity index (χ4v) is 1.73.